The maximum atomic E-state index is 14.2. The maximum Gasteiger partial charge on any atom is 0.308 e. The van der Waals surface area contributed by atoms with E-state index in [9.17, 15) is 19.1 Å². The molecule has 1 atom stereocenters. The van der Waals surface area contributed by atoms with Gasteiger partial charge in [-0.3, -0.25) is 9.59 Å². The lowest BCUT2D eigenvalue weighted by Crippen LogP contribution is -2.39. The highest BCUT2D eigenvalue weighted by atomic mass is 32.1. The Balaban J connectivity index is 1.80. The van der Waals surface area contributed by atoms with Gasteiger partial charge in [0.15, 0.2) is 0 Å². The van der Waals surface area contributed by atoms with Gasteiger partial charge in [-0.15, -0.1) is 11.3 Å². The molecule has 2 aromatic rings. The highest BCUT2D eigenvalue weighted by molar-refractivity contribution is 7.21. The second-order valence-electron chi connectivity index (χ2n) is 6.56. The molecule has 8 heteroatoms. The van der Waals surface area contributed by atoms with Gasteiger partial charge in [0, 0.05) is 42.5 Å². The van der Waals surface area contributed by atoms with E-state index in [4.69, 9.17) is 9.47 Å². The van der Waals surface area contributed by atoms with Gasteiger partial charge in [-0.2, -0.15) is 0 Å². The number of rotatable bonds is 7. The van der Waals surface area contributed by atoms with Crippen LogP contribution in [-0.4, -0.2) is 43.9 Å². The number of halogens is 1. The Morgan fingerprint density at radius 2 is 2.15 bits per heavy atom. The summed E-state index contributed by atoms with van der Waals surface area (Å²) in [6.07, 6.45) is 1.33. The zero-order chi connectivity index (χ0) is 19.4. The summed E-state index contributed by atoms with van der Waals surface area (Å²) in [5, 5.41) is 12.7. The fourth-order valence-electron chi connectivity index (χ4n) is 3.49. The number of methoxy groups -OCH3 is 1. The molecule has 0 radical (unpaired) electrons. The number of carbonyl (C=O) groups is 2. The molecule has 1 aromatic carbocycles. The van der Waals surface area contributed by atoms with Crippen LogP contribution in [0.1, 0.15) is 28.1 Å². The van der Waals surface area contributed by atoms with E-state index in [1.807, 2.05) is 0 Å². The van der Waals surface area contributed by atoms with E-state index in [0.717, 1.165) is 0 Å². The number of benzene rings is 1. The lowest BCUT2D eigenvalue weighted by molar-refractivity contribution is -0.144. The molecular weight excluding hydrogens is 373 g/mol. The average Bonchev–Trinajstić information content (AvgIpc) is 3.03. The van der Waals surface area contributed by atoms with Gasteiger partial charge in [0.25, 0.3) is 5.91 Å². The van der Waals surface area contributed by atoms with Crippen LogP contribution in [-0.2, 0) is 20.9 Å². The van der Waals surface area contributed by atoms with E-state index in [1.54, 1.807) is 12.1 Å². The standard InChI is InChI=1S/C19H22FNO5S/c1-25-10-13-16-14(20)3-2-4-15(16)27-17(13)18(22)21-9-12(19(23)24)11-5-7-26-8-6-11/h2-4,11-12H,5-10H2,1H3,(H,21,22)(H,23,24). The van der Waals surface area contributed by atoms with E-state index in [0.29, 0.717) is 46.6 Å². The number of carbonyl (C=O) groups excluding carboxylic acids is 1. The van der Waals surface area contributed by atoms with Gasteiger partial charge in [-0.05, 0) is 30.9 Å². The van der Waals surface area contributed by atoms with Crippen LogP contribution in [0, 0.1) is 17.7 Å². The zero-order valence-electron chi connectivity index (χ0n) is 15.0. The Bertz CT molecular complexity index is 831. The minimum Gasteiger partial charge on any atom is -0.481 e. The third-order valence-electron chi connectivity index (χ3n) is 4.89. The molecule has 1 fully saturated rings. The summed E-state index contributed by atoms with van der Waals surface area (Å²) in [7, 11) is 1.48. The van der Waals surface area contributed by atoms with E-state index in [2.05, 4.69) is 5.32 Å². The summed E-state index contributed by atoms with van der Waals surface area (Å²) < 4.78 is 25.3. The number of carboxylic acid groups (broad SMARTS) is 1. The van der Waals surface area contributed by atoms with Crippen LogP contribution in [0.15, 0.2) is 18.2 Å². The minimum absolute atomic E-state index is 0.0297. The first kappa shape index (κ1) is 19.7. The number of carboxylic acids is 1. The SMILES string of the molecule is COCc1c(C(=O)NCC(C(=O)O)C2CCOCC2)sc2cccc(F)c12. The quantitative estimate of drug-likeness (QED) is 0.753. The number of hydrogen-bond acceptors (Lipinski definition) is 5. The fourth-order valence-corrected chi connectivity index (χ4v) is 4.63. The van der Waals surface area contributed by atoms with E-state index in [1.165, 1.54) is 24.5 Å². The molecule has 2 heterocycles. The molecule has 6 nitrogen and oxygen atoms in total. The highest BCUT2D eigenvalue weighted by Gasteiger charge is 2.30. The molecule has 0 saturated carbocycles. The minimum atomic E-state index is -0.929. The van der Waals surface area contributed by atoms with E-state index in [-0.39, 0.29) is 19.1 Å². The normalized spacial score (nSPS) is 16.4. The van der Waals surface area contributed by atoms with Gasteiger partial charge in [0.2, 0.25) is 0 Å². The van der Waals surface area contributed by atoms with Crippen molar-refractivity contribution >= 4 is 33.3 Å². The van der Waals surface area contributed by atoms with Crippen LogP contribution in [0.3, 0.4) is 0 Å². The molecule has 2 N–H and O–H groups in total. The van der Waals surface area contributed by atoms with E-state index < -0.39 is 23.6 Å². The summed E-state index contributed by atoms with van der Waals surface area (Å²) in [5.41, 5.74) is 0.492. The number of fused-ring (bicyclic) bond motifs is 1. The maximum absolute atomic E-state index is 14.2. The Morgan fingerprint density at radius 1 is 1.41 bits per heavy atom. The molecule has 0 bridgehead atoms. The molecule has 1 aliphatic rings. The van der Waals surface area contributed by atoms with Crippen molar-refractivity contribution in [3.63, 3.8) is 0 Å². The number of amides is 1. The molecule has 1 unspecified atom stereocenters. The molecule has 1 aliphatic heterocycles. The van der Waals surface area contributed by atoms with Gasteiger partial charge in [0.1, 0.15) is 5.82 Å². The summed E-state index contributed by atoms with van der Waals surface area (Å²) in [4.78, 5) is 24.7. The van der Waals surface area contributed by atoms with E-state index >= 15 is 0 Å². The summed E-state index contributed by atoms with van der Waals surface area (Å²) in [6.45, 7) is 1.21. The molecule has 0 spiro atoms. The number of hydrogen-bond donors (Lipinski definition) is 2. The molecule has 1 amide bonds. The monoisotopic (exact) mass is 395 g/mol. The molecule has 1 aromatic heterocycles. The molecule has 0 aliphatic carbocycles. The number of thiophene rings is 1. The predicted octanol–water partition coefficient (Wildman–Crippen LogP) is 3.04. The lowest BCUT2D eigenvalue weighted by atomic mass is 9.86. The van der Waals surface area contributed by atoms with Crippen LogP contribution in [0.2, 0.25) is 0 Å². The lowest BCUT2D eigenvalue weighted by Gasteiger charge is -2.27. The van der Waals surface area contributed by atoms with Crippen LogP contribution in [0.4, 0.5) is 4.39 Å². The summed E-state index contributed by atoms with van der Waals surface area (Å²) in [6, 6.07) is 4.70. The smallest absolute Gasteiger partial charge is 0.308 e. The average molecular weight is 395 g/mol. The van der Waals surface area contributed by atoms with Crippen molar-refractivity contribution in [1.29, 1.82) is 0 Å². The first-order valence-electron chi connectivity index (χ1n) is 8.80. The molecule has 3 rings (SSSR count). The van der Waals surface area contributed by atoms with Gasteiger partial charge < -0.3 is 19.9 Å². The first-order valence-corrected chi connectivity index (χ1v) is 9.62. The summed E-state index contributed by atoms with van der Waals surface area (Å²) in [5.74, 6) is -2.44. The Kier molecular flexibility index (Phi) is 6.41. The van der Waals surface area contributed by atoms with Crippen LogP contribution >= 0.6 is 11.3 Å². The Hall–Kier alpha value is -2.03. The van der Waals surface area contributed by atoms with Gasteiger partial charge in [0.05, 0.1) is 17.4 Å². The molecule has 1 saturated heterocycles. The topological polar surface area (TPSA) is 84.9 Å². The van der Waals surface area contributed by atoms with Gasteiger partial charge in [-0.1, -0.05) is 6.07 Å². The van der Waals surface area contributed by atoms with Crippen molar-refractivity contribution in [2.24, 2.45) is 11.8 Å². The third-order valence-corrected chi connectivity index (χ3v) is 6.09. The van der Waals surface area contributed by atoms with Crippen molar-refractivity contribution in [3.05, 3.63) is 34.5 Å². The molecule has 27 heavy (non-hydrogen) atoms. The largest absolute Gasteiger partial charge is 0.481 e. The molecular formula is C19H22FNO5S. The number of nitrogens with one attached hydrogen (secondary N) is 1. The van der Waals surface area contributed by atoms with Crippen molar-refractivity contribution in [2.75, 3.05) is 26.9 Å². The van der Waals surface area contributed by atoms with Gasteiger partial charge >= 0.3 is 5.97 Å². The van der Waals surface area contributed by atoms with Crippen molar-refractivity contribution in [2.45, 2.75) is 19.4 Å². The van der Waals surface area contributed by atoms with Crippen LogP contribution in [0.25, 0.3) is 10.1 Å². The second kappa shape index (κ2) is 8.77. The highest BCUT2D eigenvalue weighted by Crippen LogP contribution is 2.34. The fraction of sp³-hybridized carbons (Fsp3) is 0.474. The Labute approximate surface area is 160 Å². The number of ether oxygens (including phenoxy) is 2. The van der Waals surface area contributed by atoms with Gasteiger partial charge in [-0.25, -0.2) is 4.39 Å². The van der Waals surface area contributed by atoms with Crippen molar-refractivity contribution < 1.29 is 28.6 Å². The predicted molar refractivity (Wildman–Crippen MR) is 99.5 cm³/mol. The van der Waals surface area contributed by atoms with Crippen molar-refractivity contribution in [3.8, 4) is 0 Å². The molecule has 146 valence electrons. The van der Waals surface area contributed by atoms with Crippen LogP contribution in [0.5, 0.6) is 0 Å². The summed E-state index contributed by atoms with van der Waals surface area (Å²) >= 11 is 1.18. The third kappa shape index (κ3) is 4.28. The first-order chi connectivity index (χ1) is 13.0. The van der Waals surface area contributed by atoms with Crippen LogP contribution < -0.4 is 5.32 Å². The van der Waals surface area contributed by atoms with Crippen molar-refractivity contribution in [1.82, 2.24) is 5.32 Å². The number of aliphatic carboxylic acids is 1. The zero-order valence-corrected chi connectivity index (χ0v) is 15.8. The second-order valence-corrected chi connectivity index (χ2v) is 7.61. The Morgan fingerprint density at radius 3 is 2.81 bits per heavy atom.